The van der Waals surface area contributed by atoms with Gasteiger partial charge in [0.15, 0.2) is 16.7 Å². The Bertz CT molecular complexity index is 604. The van der Waals surface area contributed by atoms with Gasteiger partial charge in [0.1, 0.15) is 6.10 Å². The number of ether oxygens (including phenoxy) is 1. The number of nitrogens with zero attached hydrogens (tertiary/aromatic N) is 1. The van der Waals surface area contributed by atoms with Gasteiger partial charge in [0.25, 0.3) is 0 Å². The third-order valence-corrected chi connectivity index (χ3v) is 4.81. The molecule has 1 N–H and O–H groups in total. The maximum absolute atomic E-state index is 12.5. The molecular formula is C14H16N2O4S. The number of rotatable bonds is 3. The number of aryl methyl sites for hydroxylation is 1. The summed E-state index contributed by atoms with van der Waals surface area (Å²) in [5, 5.41) is 3.01. The summed E-state index contributed by atoms with van der Waals surface area (Å²) in [6.07, 6.45) is 2.21. The van der Waals surface area contributed by atoms with Gasteiger partial charge in [-0.1, -0.05) is 11.3 Å². The Morgan fingerprint density at radius 1 is 1.38 bits per heavy atom. The Labute approximate surface area is 125 Å². The number of aromatic nitrogens is 1. The second-order valence-corrected chi connectivity index (χ2v) is 6.33. The molecule has 7 heteroatoms. The van der Waals surface area contributed by atoms with Gasteiger partial charge in [0.05, 0.1) is 16.5 Å². The summed E-state index contributed by atoms with van der Waals surface area (Å²) in [7, 11) is 0. The van der Waals surface area contributed by atoms with Crippen LogP contribution in [0.5, 0.6) is 0 Å². The third-order valence-electron chi connectivity index (χ3n) is 3.78. The molecule has 2 atom stereocenters. The lowest BCUT2D eigenvalue weighted by Gasteiger charge is -2.21. The molecule has 2 heterocycles. The number of anilines is 1. The first-order valence-electron chi connectivity index (χ1n) is 7.03. The minimum Gasteiger partial charge on any atom is -0.370 e. The molecule has 0 saturated carbocycles. The molecule has 0 radical (unpaired) electrons. The first-order valence-corrected chi connectivity index (χ1v) is 7.84. The topological polar surface area (TPSA) is 85.4 Å². The quantitative estimate of drug-likeness (QED) is 0.857. The van der Waals surface area contributed by atoms with Gasteiger partial charge in [-0.2, -0.15) is 0 Å². The molecule has 2 aliphatic rings. The van der Waals surface area contributed by atoms with Gasteiger partial charge in [-0.25, -0.2) is 4.98 Å². The van der Waals surface area contributed by atoms with Crippen molar-refractivity contribution in [1.82, 2.24) is 4.98 Å². The lowest BCUT2D eigenvalue weighted by molar-refractivity contribution is -0.130. The Morgan fingerprint density at radius 2 is 2.19 bits per heavy atom. The van der Waals surface area contributed by atoms with Crippen molar-refractivity contribution in [1.29, 1.82) is 0 Å². The number of fused-ring (bicyclic) bond motifs is 1. The summed E-state index contributed by atoms with van der Waals surface area (Å²) in [5.41, 5.74) is 0.685. The Hall–Kier alpha value is -1.60. The Kier molecular flexibility index (Phi) is 3.86. The van der Waals surface area contributed by atoms with Crippen molar-refractivity contribution in [2.24, 2.45) is 5.92 Å². The highest BCUT2D eigenvalue weighted by molar-refractivity contribution is 7.17. The van der Waals surface area contributed by atoms with E-state index in [1.807, 2.05) is 0 Å². The predicted molar refractivity (Wildman–Crippen MR) is 76.5 cm³/mol. The highest BCUT2D eigenvalue weighted by Crippen LogP contribution is 2.34. The minimum absolute atomic E-state index is 0.0994. The summed E-state index contributed by atoms with van der Waals surface area (Å²) in [6, 6.07) is 0. The van der Waals surface area contributed by atoms with Crippen molar-refractivity contribution in [3.8, 4) is 0 Å². The van der Waals surface area contributed by atoms with E-state index < -0.39 is 12.0 Å². The van der Waals surface area contributed by atoms with Gasteiger partial charge in [-0.3, -0.25) is 14.4 Å². The molecule has 1 amide bonds. The zero-order valence-electron chi connectivity index (χ0n) is 11.7. The van der Waals surface area contributed by atoms with Crippen LogP contribution in [0.1, 0.15) is 41.6 Å². The minimum atomic E-state index is -0.619. The molecule has 21 heavy (non-hydrogen) atoms. The third kappa shape index (κ3) is 2.75. The van der Waals surface area contributed by atoms with Crippen molar-refractivity contribution in [2.45, 2.75) is 38.7 Å². The Balaban J connectivity index is 1.79. The van der Waals surface area contributed by atoms with E-state index >= 15 is 0 Å². The molecule has 1 aliphatic heterocycles. The van der Waals surface area contributed by atoms with E-state index in [2.05, 4.69) is 10.3 Å². The van der Waals surface area contributed by atoms with E-state index in [0.717, 1.165) is 17.8 Å². The van der Waals surface area contributed by atoms with Crippen LogP contribution < -0.4 is 5.32 Å². The molecule has 1 aromatic heterocycles. The van der Waals surface area contributed by atoms with Crippen LogP contribution in [0, 0.1) is 5.92 Å². The number of nitrogens with one attached hydrogen (secondary N) is 1. The number of hydrogen-bond acceptors (Lipinski definition) is 6. The van der Waals surface area contributed by atoms with Gasteiger partial charge in [0.2, 0.25) is 5.91 Å². The molecule has 112 valence electrons. The van der Waals surface area contributed by atoms with Crippen LogP contribution in [0.2, 0.25) is 0 Å². The molecule has 3 rings (SSSR count). The molecule has 6 nitrogen and oxygen atoms in total. The molecule has 1 saturated heterocycles. The second kappa shape index (κ2) is 5.65. The van der Waals surface area contributed by atoms with Crippen molar-refractivity contribution in [2.75, 3.05) is 11.9 Å². The maximum atomic E-state index is 12.5. The first kappa shape index (κ1) is 14.3. The van der Waals surface area contributed by atoms with Crippen LogP contribution in [0.25, 0.3) is 0 Å². The monoisotopic (exact) mass is 308 g/mol. The molecule has 1 aromatic rings. The summed E-state index contributed by atoms with van der Waals surface area (Å²) < 4.78 is 5.39. The summed E-state index contributed by atoms with van der Waals surface area (Å²) in [4.78, 5) is 40.7. The fraction of sp³-hybridized carbons (Fsp3) is 0.571. The lowest BCUT2D eigenvalue weighted by Crippen LogP contribution is -2.35. The van der Waals surface area contributed by atoms with E-state index in [1.165, 1.54) is 6.92 Å². The van der Waals surface area contributed by atoms with Crippen LogP contribution in [-0.4, -0.2) is 35.2 Å². The average Bonchev–Trinajstić information content (AvgIpc) is 3.06. The predicted octanol–water partition coefficient (Wildman–Crippen LogP) is 1.59. The largest absolute Gasteiger partial charge is 0.370 e. The fourth-order valence-corrected chi connectivity index (χ4v) is 3.84. The lowest BCUT2D eigenvalue weighted by atomic mass is 9.84. The van der Waals surface area contributed by atoms with Crippen molar-refractivity contribution < 1.29 is 19.1 Å². The van der Waals surface area contributed by atoms with Crippen molar-refractivity contribution in [3.63, 3.8) is 0 Å². The normalized spacial score (nSPS) is 24.7. The number of Topliss-reactive ketones (excluding diaryl/α,β-unsaturated/α-hetero) is 2. The summed E-state index contributed by atoms with van der Waals surface area (Å²) in [6.45, 7) is 1.99. The smallest absolute Gasteiger partial charge is 0.223 e. The van der Waals surface area contributed by atoms with Gasteiger partial charge >= 0.3 is 0 Å². The van der Waals surface area contributed by atoms with E-state index in [0.29, 0.717) is 41.6 Å². The van der Waals surface area contributed by atoms with Crippen LogP contribution in [0.3, 0.4) is 0 Å². The van der Waals surface area contributed by atoms with E-state index in [-0.39, 0.29) is 17.5 Å². The first-order chi connectivity index (χ1) is 10.1. The van der Waals surface area contributed by atoms with E-state index in [9.17, 15) is 14.4 Å². The van der Waals surface area contributed by atoms with Crippen LogP contribution >= 0.6 is 11.3 Å². The number of amides is 1. The van der Waals surface area contributed by atoms with Crippen LogP contribution in [0.4, 0.5) is 5.13 Å². The maximum Gasteiger partial charge on any atom is 0.223 e. The highest BCUT2D eigenvalue weighted by atomic mass is 32.1. The molecule has 1 unspecified atom stereocenters. The van der Waals surface area contributed by atoms with Gasteiger partial charge in [-0.15, -0.1) is 0 Å². The van der Waals surface area contributed by atoms with E-state index in [4.69, 9.17) is 4.74 Å². The molecule has 1 aliphatic carbocycles. The Morgan fingerprint density at radius 3 is 2.86 bits per heavy atom. The SMILES string of the molecule is CC(=O)Nc1nc2c(s1)C(=O)C(C(=O)[C@H]1CCCO1)CC2. The molecule has 0 bridgehead atoms. The number of ketones is 2. The van der Waals surface area contributed by atoms with Crippen molar-refractivity contribution in [3.05, 3.63) is 10.6 Å². The number of thiazole rings is 1. The highest BCUT2D eigenvalue weighted by Gasteiger charge is 2.39. The van der Waals surface area contributed by atoms with Gasteiger partial charge in [0, 0.05) is 13.5 Å². The van der Waals surface area contributed by atoms with Crippen molar-refractivity contribution >= 4 is 33.9 Å². The summed E-state index contributed by atoms with van der Waals surface area (Å²) >= 11 is 1.15. The van der Waals surface area contributed by atoms with Gasteiger partial charge in [-0.05, 0) is 25.7 Å². The van der Waals surface area contributed by atoms with Crippen LogP contribution in [0.15, 0.2) is 0 Å². The number of carbonyl (C=O) groups excluding carboxylic acids is 3. The molecule has 0 aromatic carbocycles. The molecule has 0 spiro atoms. The number of carbonyl (C=O) groups is 3. The number of hydrogen-bond donors (Lipinski definition) is 1. The standard InChI is InChI=1S/C14H16N2O4S/c1-7(17)15-14-16-9-5-4-8(12(19)13(9)21-14)11(18)10-3-2-6-20-10/h8,10H,2-6H2,1H3,(H,15,16,17)/t8?,10-/m1/s1. The second-order valence-electron chi connectivity index (χ2n) is 5.34. The zero-order valence-corrected chi connectivity index (χ0v) is 12.5. The fourth-order valence-electron chi connectivity index (χ4n) is 2.79. The van der Waals surface area contributed by atoms with Crippen LogP contribution in [-0.2, 0) is 20.7 Å². The van der Waals surface area contributed by atoms with Gasteiger partial charge < -0.3 is 10.1 Å². The summed E-state index contributed by atoms with van der Waals surface area (Å²) in [5.74, 6) is -1.12. The molecule has 1 fully saturated rings. The average molecular weight is 308 g/mol. The zero-order chi connectivity index (χ0) is 15.0. The van der Waals surface area contributed by atoms with E-state index in [1.54, 1.807) is 0 Å². The molecular weight excluding hydrogens is 292 g/mol.